The highest BCUT2D eigenvalue weighted by atomic mass is 35.5. The average Bonchev–Trinajstić information content (AvgIpc) is 3.49. The standard InChI is InChI=1S/C23H31ClN4O/c1-17-18(6-5-7-21(17)24)16-20(29)10-11-22-25-26-23(28(22)19-8-9-19)12-15-27-13-3-2-4-14-27/h5-7,19H,2-4,8-16H2,1H3. The smallest absolute Gasteiger partial charge is 0.137 e. The van der Waals surface area contributed by atoms with Crippen LogP contribution in [0.3, 0.4) is 0 Å². The summed E-state index contributed by atoms with van der Waals surface area (Å²) in [6.07, 6.45) is 8.97. The molecule has 1 saturated heterocycles. The lowest BCUT2D eigenvalue weighted by molar-refractivity contribution is -0.118. The molecule has 2 aliphatic rings. The van der Waals surface area contributed by atoms with E-state index >= 15 is 0 Å². The Bertz CT molecular complexity index is 853. The molecular formula is C23H31ClN4O. The summed E-state index contributed by atoms with van der Waals surface area (Å²) in [5, 5.41) is 9.70. The summed E-state index contributed by atoms with van der Waals surface area (Å²) in [5.74, 6) is 2.32. The van der Waals surface area contributed by atoms with Crippen molar-refractivity contribution >= 4 is 17.4 Å². The van der Waals surface area contributed by atoms with Crippen LogP contribution in [0.2, 0.25) is 5.02 Å². The molecule has 0 bridgehead atoms. The van der Waals surface area contributed by atoms with Gasteiger partial charge in [0, 0.05) is 43.3 Å². The van der Waals surface area contributed by atoms with Crippen molar-refractivity contribution < 1.29 is 4.79 Å². The van der Waals surface area contributed by atoms with Gasteiger partial charge < -0.3 is 9.47 Å². The molecule has 0 radical (unpaired) electrons. The largest absolute Gasteiger partial charge is 0.312 e. The third kappa shape index (κ3) is 5.26. The van der Waals surface area contributed by atoms with Crippen molar-refractivity contribution in [2.24, 2.45) is 0 Å². The molecule has 2 fully saturated rings. The van der Waals surface area contributed by atoms with Crippen LogP contribution in [-0.2, 0) is 24.1 Å². The predicted molar refractivity (Wildman–Crippen MR) is 116 cm³/mol. The maximum absolute atomic E-state index is 12.6. The van der Waals surface area contributed by atoms with Gasteiger partial charge in [0.15, 0.2) is 0 Å². The molecule has 0 unspecified atom stereocenters. The van der Waals surface area contributed by atoms with E-state index in [0.29, 0.717) is 25.3 Å². The number of aromatic nitrogens is 3. The first-order chi connectivity index (χ1) is 14.1. The Morgan fingerprint density at radius 1 is 1.10 bits per heavy atom. The zero-order valence-electron chi connectivity index (χ0n) is 17.4. The molecule has 1 aromatic heterocycles. The number of ketones is 1. The van der Waals surface area contributed by atoms with Crippen LogP contribution in [0.15, 0.2) is 18.2 Å². The van der Waals surface area contributed by atoms with E-state index in [1.807, 2.05) is 25.1 Å². The molecular weight excluding hydrogens is 384 g/mol. The predicted octanol–water partition coefficient (Wildman–Crippen LogP) is 4.35. The van der Waals surface area contributed by atoms with Gasteiger partial charge in [-0.2, -0.15) is 0 Å². The molecule has 0 spiro atoms. The molecule has 29 heavy (non-hydrogen) atoms. The lowest BCUT2D eigenvalue weighted by Gasteiger charge is -2.26. The van der Waals surface area contributed by atoms with Crippen molar-refractivity contribution in [2.75, 3.05) is 19.6 Å². The fraction of sp³-hybridized carbons (Fsp3) is 0.609. The molecule has 1 saturated carbocycles. The van der Waals surface area contributed by atoms with Gasteiger partial charge in [0.1, 0.15) is 17.4 Å². The van der Waals surface area contributed by atoms with Gasteiger partial charge in [-0.3, -0.25) is 4.79 Å². The van der Waals surface area contributed by atoms with Gasteiger partial charge in [0.25, 0.3) is 0 Å². The summed E-state index contributed by atoms with van der Waals surface area (Å²) in [6.45, 7) is 5.46. The van der Waals surface area contributed by atoms with Gasteiger partial charge in [-0.25, -0.2) is 0 Å². The lowest BCUT2D eigenvalue weighted by Crippen LogP contribution is -2.32. The van der Waals surface area contributed by atoms with Crippen LogP contribution in [0.5, 0.6) is 0 Å². The molecule has 6 heteroatoms. The molecule has 4 rings (SSSR count). The second kappa shape index (κ2) is 9.40. The van der Waals surface area contributed by atoms with Gasteiger partial charge >= 0.3 is 0 Å². The van der Waals surface area contributed by atoms with E-state index in [1.54, 1.807) is 0 Å². The topological polar surface area (TPSA) is 51.0 Å². The number of Topliss-reactive ketones (excluding diaryl/α,β-unsaturated/α-hetero) is 1. The second-order valence-corrected chi connectivity index (χ2v) is 8.93. The van der Waals surface area contributed by atoms with Crippen LogP contribution < -0.4 is 0 Å². The number of hydrogen-bond acceptors (Lipinski definition) is 4. The van der Waals surface area contributed by atoms with Crippen molar-refractivity contribution in [2.45, 2.75) is 70.8 Å². The van der Waals surface area contributed by atoms with Crippen molar-refractivity contribution in [3.63, 3.8) is 0 Å². The normalized spacial score (nSPS) is 17.6. The monoisotopic (exact) mass is 414 g/mol. The first-order valence-electron chi connectivity index (χ1n) is 11.0. The Labute approximate surface area is 178 Å². The lowest BCUT2D eigenvalue weighted by atomic mass is 10.0. The highest BCUT2D eigenvalue weighted by Crippen LogP contribution is 2.37. The minimum absolute atomic E-state index is 0.232. The molecule has 0 atom stereocenters. The average molecular weight is 415 g/mol. The van der Waals surface area contributed by atoms with Gasteiger partial charge in [-0.15, -0.1) is 10.2 Å². The fourth-order valence-corrected chi connectivity index (χ4v) is 4.49. The van der Waals surface area contributed by atoms with E-state index in [9.17, 15) is 4.79 Å². The van der Waals surface area contributed by atoms with E-state index in [1.165, 1.54) is 45.2 Å². The molecule has 1 aliphatic carbocycles. The number of halogens is 1. The van der Waals surface area contributed by atoms with E-state index in [0.717, 1.165) is 40.8 Å². The van der Waals surface area contributed by atoms with Gasteiger partial charge in [0.2, 0.25) is 0 Å². The summed E-state index contributed by atoms with van der Waals surface area (Å²) >= 11 is 6.18. The number of likely N-dealkylation sites (tertiary alicyclic amines) is 1. The van der Waals surface area contributed by atoms with Crippen molar-refractivity contribution in [1.29, 1.82) is 0 Å². The summed E-state index contributed by atoms with van der Waals surface area (Å²) in [4.78, 5) is 15.1. The first kappa shape index (κ1) is 20.5. The Hall–Kier alpha value is -1.72. The van der Waals surface area contributed by atoms with Crippen LogP contribution in [0, 0.1) is 6.92 Å². The second-order valence-electron chi connectivity index (χ2n) is 8.53. The maximum atomic E-state index is 12.6. The Balaban J connectivity index is 1.35. The van der Waals surface area contributed by atoms with Crippen LogP contribution in [-0.4, -0.2) is 45.1 Å². The quantitative estimate of drug-likeness (QED) is 0.612. The SMILES string of the molecule is Cc1c(Cl)cccc1CC(=O)CCc1nnc(CCN2CCCCC2)n1C1CC1. The number of nitrogens with zero attached hydrogens (tertiary/aromatic N) is 4. The Morgan fingerprint density at radius 2 is 1.83 bits per heavy atom. The van der Waals surface area contributed by atoms with Crippen molar-refractivity contribution in [1.82, 2.24) is 19.7 Å². The highest BCUT2D eigenvalue weighted by Gasteiger charge is 2.29. The van der Waals surface area contributed by atoms with E-state index < -0.39 is 0 Å². The van der Waals surface area contributed by atoms with Crippen LogP contribution in [0.25, 0.3) is 0 Å². The maximum Gasteiger partial charge on any atom is 0.137 e. The Morgan fingerprint density at radius 3 is 2.55 bits per heavy atom. The minimum Gasteiger partial charge on any atom is -0.312 e. The van der Waals surface area contributed by atoms with E-state index in [4.69, 9.17) is 11.6 Å². The van der Waals surface area contributed by atoms with E-state index in [2.05, 4.69) is 19.7 Å². The number of rotatable bonds is 9. The minimum atomic E-state index is 0.232. The van der Waals surface area contributed by atoms with Crippen molar-refractivity contribution in [3.8, 4) is 0 Å². The fourth-order valence-electron chi connectivity index (χ4n) is 4.29. The molecule has 156 valence electrons. The number of piperidine rings is 1. The number of hydrogen-bond donors (Lipinski definition) is 0. The Kier molecular flexibility index (Phi) is 6.66. The highest BCUT2D eigenvalue weighted by molar-refractivity contribution is 6.31. The molecule has 0 N–H and O–H groups in total. The van der Waals surface area contributed by atoms with Crippen LogP contribution >= 0.6 is 11.6 Å². The number of aryl methyl sites for hydroxylation is 1. The number of carbonyl (C=O) groups excluding carboxylic acids is 1. The molecule has 0 amide bonds. The van der Waals surface area contributed by atoms with Crippen LogP contribution in [0.1, 0.15) is 67.3 Å². The number of carbonyl (C=O) groups is 1. The summed E-state index contributed by atoms with van der Waals surface area (Å²) in [5.41, 5.74) is 2.03. The van der Waals surface area contributed by atoms with Crippen LogP contribution in [0.4, 0.5) is 0 Å². The van der Waals surface area contributed by atoms with Gasteiger partial charge in [-0.05, 0) is 62.9 Å². The van der Waals surface area contributed by atoms with Gasteiger partial charge in [-0.1, -0.05) is 30.2 Å². The third-order valence-electron chi connectivity index (χ3n) is 6.24. The third-order valence-corrected chi connectivity index (χ3v) is 6.65. The number of benzene rings is 1. The molecule has 2 aromatic rings. The molecule has 1 aliphatic heterocycles. The zero-order chi connectivity index (χ0) is 20.2. The zero-order valence-corrected chi connectivity index (χ0v) is 18.1. The van der Waals surface area contributed by atoms with Gasteiger partial charge in [0.05, 0.1) is 0 Å². The van der Waals surface area contributed by atoms with Crippen molar-refractivity contribution in [3.05, 3.63) is 46.0 Å². The molecule has 5 nitrogen and oxygen atoms in total. The molecule has 2 heterocycles. The molecule has 1 aromatic carbocycles. The first-order valence-corrected chi connectivity index (χ1v) is 11.4. The summed E-state index contributed by atoms with van der Waals surface area (Å²) < 4.78 is 2.34. The van der Waals surface area contributed by atoms with E-state index in [-0.39, 0.29) is 5.78 Å². The summed E-state index contributed by atoms with van der Waals surface area (Å²) in [7, 11) is 0. The summed E-state index contributed by atoms with van der Waals surface area (Å²) in [6, 6.07) is 6.32.